The molecule has 1 heterocycles. The minimum Gasteiger partial charge on any atom is -0.406 e. The smallest absolute Gasteiger partial charge is 0.406 e. The quantitative estimate of drug-likeness (QED) is 0.859. The first kappa shape index (κ1) is 16.9. The first-order valence-corrected chi connectivity index (χ1v) is 6.87. The molecule has 0 saturated carbocycles. The van der Waals surface area contributed by atoms with Crippen molar-refractivity contribution < 1.29 is 27.5 Å². The molecule has 0 aromatic heterocycles. The van der Waals surface area contributed by atoms with Gasteiger partial charge in [-0.2, -0.15) is 0 Å². The predicted molar refractivity (Wildman–Crippen MR) is 76.0 cm³/mol. The fraction of sp³-hybridized carbons (Fsp3) is 0.333. The topological polar surface area (TPSA) is 72.6 Å². The lowest BCUT2D eigenvalue weighted by Gasteiger charge is -2.13. The van der Waals surface area contributed by atoms with Gasteiger partial charge in [0.05, 0.1) is 5.92 Å². The molecule has 5 nitrogen and oxygen atoms in total. The molecule has 8 heteroatoms. The van der Waals surface area contributed by atoms with Crippen LogP contribution in [-0.4, -0.2) is 36.2 Å². The number of hydrogen-bond acceptors (Lipinski definition) is 3. The van der Waals surface area contributed by atoms with E-state index in [1.165, 1.54) is 29.2 Å². The van der Waals surface area contributed by atoms with Crippen molar-refractivity contribution in [1.29, 1.82) is 0 Å². The fourth-order valence-corrected chi connectivity index (χ4v) is 2.25. The summed E-state index contributed by atoms with van der Waals surface area (Å²) in [6.07, 6.45) is -1.40. The summed E-state index contributed by atoms with van der Waals surface area (Å²) >= 11 is 0. The van der Waals surface area contributed by atoms with Crippen molar-refractivity contribution in [2.24, 2.45) is 11.7 Å². The van der Waals surface area contributed by atoms with Crippen molar-refractivity contribution in [2.45, 2.75) is 12.8 Å². The van der Waals surface area contributed by atoms with Crippen LogP contribution in [0.2, 0.25) is 0 Å². The Balaban J connectivity index is 1.92. The van der Waals surface area contributed by atoms with E-state index in [0.29, 0.717) is 18.5 Å². The molecular formula is C15H15F3N2O3. The van der Waals surface area contributed by atoms with Gasteiger partial charge in [-0.3, -0.25) is 9.59 Å². The van der Waals surface area contributed by atoms with E-state index in [2.05, 4.69) is 4.74 Å². The van der Waals surface area contributed by atoms with E-state index in [4.69, 9.17) is 5.73 Å². The zero-order valence-electron chi connectivity index (χ0n) is 12.0. The number of halogens is 3. The largest absolute Gasteiger partial charge is 0.573 e. The molecule has 1 aliphatic heterocycles. The predicted octanol–water partition coefficient (Wildman–Crippen LogP) is 1.93. The Morgan fingerprint density at radius 1 is 1.26 bits per heavy atom. The minimum atomic E-state index is -4.74. The van der Waals surface area contributed by atoms with Gasteiger partial charge in [0.2, 0.25) is 11.8 Å². The van der Waals surface area contributed by atoms with Crippen molar-refractivity contribution in [1.82, 2.24) is 4.90 Å². The fourth-order valence-electron chi connectivity index (χ4n) is 2.25. The molecule has 1 aromatic rings. The van der Waals surface area contributed by atoms with Crippen molar-refractivity contribution in [3.05, 3.63) is 35.9 Å². The maximum absolute atomic E-state index is 12.0. The number of rotatable bonds is 4. The van der Waals surface area contributed by atoms with E-state index in [1.54, 1.807) is 0 Å². The normalized spacial score (nSPS) is 18.4. The van der Waals surface area contributed by atoms with E-state index >= 15 is 0 Å². The van der Waals surface area contributed by atoms with Gasteiger partial charge in [-0.25, -0.2) is 0 Å². The highest BCUT2D eigenvalue weighted by Gasteiger charge is 2.31. The van der Waals surface area contributed by atoms with Gasteiger partial charge in [-0.15, -0.1) is 13.2 Å². The van der Waals surface area contributed by atoms with Crippen LogP contribution in [0.25, 0.3) is 6.08 Å². The molecule has 2 rings (SSSR count). The second kappa shape index (κ2) is 6.72. The highest BCUT2D eigenvalue weighted by atomic mass is 19.4. The molecule has 23 heavy (non-hydrogen) atoms. The van der Waals surface area contributed by atoms with Crippen LogP contribution in [0.3, 0.4) is 0 Å². The third-order valence-corrected chi connectivity index (χ3v) is 3.43. The zero-order chi connectivity index (χ0) is 17.0. The van der Waals surface area contributed by atoms with Gasteiger partial charge in [0.1, 0.15) is 5.75 Å². The molecule has 2 N–H and O–H groups in total. The van der Waals surface area contributed by atoms with E-state index in [9.17, 15) is 22.8 Å². The molecular weight excluding hydrogens is 313 g/mol. The summed E-state index contributed by atoms with van der Waals surface area (Å²) in [7, 11) is 0. The molecule has 1 atom stereocenters. The van der Waals surface area contributed by atoms with Gasteiger partial charge in [0.25, 0.3) is 0 Å². The van der Waals surface area contributed by atoms with Crippen LogP contribution in [0, 0.1) is 5.92 Å². The minimum absolute atomic E-state index is 0.274. The summed E-state index contributed by atoms with van der Waals surface area (Å²) in [5.74, 6) is -1.36. The summed E-state index contributed by atoms with van der Waals surface area (Å²) < 4.78 is 39.9. The number of carbonyl (C=O) groups excluding carboxylic acids is 2. The Bertz CT molecular complexity index is 611. The number of benzene rings is 1. The molecule has 1 saturated heterocycles. The summed E-state index contributed by atoms with van der Waals surface area (Å²) in [5, 5.41) is 0. The summed E-state index contributed by atoms with van der Waals surface area (Å²) in [5.41, 5.74) is 5.75. The van der Waals surface area contributed by atoms with Crippen molar-refractivity contribution in [3.8, 4) is 5.75 Å². The summed E-state index contributed by atoms with van der Waals surface area (Å²) in [4.78, 5) is 24.5. The molecule has 1 fully saturated rings. The lowest BCUT2D eigenvalue weighted by Crippen LogP contribution is -2.30. The Morgan fingerprint density at radius 2 is 1.91 bits per heavy atom. The summed E-state index contributed by atoms with van der Waals surface area (Å²) in [6.45, 7) is 0.742. The highest BCUT2D eigenvalue weighted by Crippen LogP contribution is 2.23. The average Bonchev–Trinajstić information content (AvgIpc) is 2.94. The molecule has 2 amide bonds. The van der Waals surface area contributed by atoms with Crippen LogP contribution >= 0.6 is 0 Å². The zero-order valence-corrected chi connectivity index (χ0v) is 12.0. The lowest BCUT2D eigenvalue weighted by molar-refractivity contribution is -0.274. The molecule has 0 radical (unpaired) electrons. The van der Waals surface area contributed by atoms with E-state index in [1.807, 2.05) is 0 Å². The number of carbonyl (C=O) groups is 2. The van der Waals surface area contributed by atoms with Crippen molar-refractivity contribution >= 4 is 17.9 Å². The molecule has 1 aliphatic rings. The third-order valence-electron chi connectivity index (χ3n) is 3.43. The SMILES string of the molecule is NC(=O)[C@@H]1CCN(C(=O)/C=C/c2ccc(OC(F)(F)F)cc2)C1. The first-order chi connectivity index (χ1) is 10.7. The molecule has 0 aliphatic carbocycles. The molecule has 0 bridgehead atoms. The van der Waals surface area contributed by atoms with Gasteiger partial charge in [0.15, 0.2) is 0 Å². The van der Waals surface area contributed by atoms with Gasteiger partial charge >= 0.3 is 6.36 Å². The highest BCUT2D eigenvalue weighted by molar-refractivity contribution is 5.92. The third kappa shape index (κ3) is 5.01. The number of nitrogens with zero attached hydrogens (tertiary/aromatic N) is 1. The standard InChI is InChI=1S/C15H15F3N2O3/c16-15(17,18)23-12-4-1-10(2-5-12)3-6-13(21)20-8-7-11(9-20)14(19)22/h1-6,11H,7-9H2,(H2,19,22)/b6-3+/t11-/m1/s1. The van der Waals surface area contributed by atoms with Gasteiger partial charge < -0.3 is 15.4 Å². The number of ether oxygens (including phenoxy) is 1. The lowest BCUT2D eigenvalue weighted by atomic mass is 10.1. The first-order valence-electron chi connectivity index (χ1n) is 6.87. The van der Waals surface area contributed by atoms with Crippen LogP contribution in [0.1, 0.15) is 12.0 Å². The number of amides is 2. The maximum atomic E-state index is 12.0. The van der Waals surface area contributed by atoms with E-state index < -0.39 is 12.3 Å². The average molecular weight is 328 g/mol. The van der Waals surface area contributed by atoms with Crippen LogP contribution in [0.15, 0.2) is 30.3 Å². The van der Waals surface area contributed by atoms with Crippen LogP contribution in [0.4, 0.5) is 13.2 Å². The van der Waals surface area contributed by atoms with Crippen LogP contribution in [0.5, 0.6) is 5.75 Å². The second-order valence-electron chi connectivity index (χ2n) is 5.12. The Hall–Kier alpha value is -2.51. The Kier molecular flexibility index (Phi) is 4.92. The number of likely N-dealkylation sites (tertiary alicyclic amines) is 1. The van der Waals surface area contributed by atoms with E-state index in [-0.39, 0.29) is 24.1 Å². The maximum Gasteiger partial charge on any atom is 0.573 e. The van der Waals surface area contributed by atoms with Gasteiger partial charge in [-0.05, 0) is 30.2 Å². The second-order valence-corrected chi connectivity index (χ2v) is 5.12. The molecule has 0 unspecified atom stereocenters. The van der Waals surface area contributed by atoms with Crippen LogP contribution in [-0.2, 0) is 9.59 Å². The molecule has 124 valence electrons. The number of primary amides is 1. The number of alkyl halides is 3. The Morgan fingerprint density at radius 3 is 2.43 bits per heavy atom. The Labute approximate surface area is 130 Å². The van der Waals surface area contributed by atoms with Crippen molar-refractivity contribution in [3.63, 3.8) is 0 Å². The van der Waals surface area contributed by atoms with Crippen molar-refractivity contribution in [2.75, 3.05) is 13.1 Å². The van der Waals surface area contributed by atoms with E-state index in [0.717, 1.165) is 12.1 Å². The van der Waals surface area contributed by atoms with Crippen LogP contribution < -0.4 is 10.5 Å². The molecule has 1 aromatic carbocycles. The molecule has 0 spiro atoms. The monoisotopic (exact) mass is 328 g/mol. The summed E-state index contributed by atoms with van der Waals surface area (Å²) in [6, 6.07) is 5.13. The number of hydrogen-bond donors (Lipinski definition) is 1. The van der Waals surface area contributed by atoms with Gasteiger partial charge in [0, 0.05) is 19.2 Å². The van der Waals surface area contributed by atoms with Gasteiger partial charge in [-0.1, -0.05) is 12.1 Å². The number of nitrogens with two attached hydrogens (primary N) is 1.